The fourth-order valence-corrected chi connectivity index (χ4v) is 1.57. The summed E-state index contributed by atoms with van der Waals surface area (Å²) in [5.41, 5.74) is 2.02. The second kappa shape index (κ2) is 9.31. The number of carbonyl (C=O) groups is 1. The third kappa shape index (κ3) is 5.32. The Labute approximate surface area is 171 Å². The number of benzene rings is 1. The molecule has 0 saturated carbocycles. The Hall–Kier alpha value is 0.336. The average molecular weight is 395 g/mol. The van der Waals surface area contributed by atoms with Crippen LogP contribution in [-0.2, 0) is 6.42 Å². The van der Waals surface area contributed by atoms with Crippen LogP contribution in [-0.4, -0.2) is 10.8 Å². The Balaban J connectivity index is 0.00000162. The summed E-state index contributed by atoms with van der Waals surface area (Å²) in [4.78, 5) is 16.1. The van der Waals surface area contributed by atoms with Crippen molar-refractivity contribution in [3.8, 4) is 0 Å². The van der Waals surface area contributed by atoms with Crippen molar-refractivity contribution >= 4 is 5.78 Å². The molecule has 19 heavy (non-hydrogen) atoms. The minimum Gasteiger partial charge on any atom is -1.00 e. The van der Waals surface area contributed by atoms with Gasteiger partial charge in [-0.15, -0.1) is 0 Å². The third-order valence-corrected chi connectivity index (χ3v) is 2.57. The molecule has 2 rings (SSSR count). The van der Waals surface area contributed by atoms with E-state index in [1.54, 1.807) is 6.20 Å². The van der Waals surface area contributed by atoms with Crippen LogP contribution in [0.25, 0.3) is 0 Å². The first-order valence-corrected chi connectivity index (χ1v) is 5.45. The number of ketones is 1. The summed E-state index contributed by atoms with van der Waals surface area (Å²) in [6.45, 7) is 2.00. The van der Waals surface area contributed by atoms with Gasteiger partial charge in [0.15, 0.2) is 5.78 Å². The molecule has 0 spiro atoms. The molecule has 0 aliphatic heterocycles. The van der Waals surface area contributed by atoms with Crippen LogP contribution in [0.3, 0.4) is 0 Å². The monoisotopic (exact) mass is 395 g/mol. The normalized spacial score (nSPS) is 9.16. The topological polar surface area (TPSA) is 30.0 Å². The second-order valence-corrected chi connectivity index (χ2v) is 3.77. The van der Waals surface area contributed by atoms with Crippen LogP contribution in [0.15, 0.2) is 42.7 Å². The summed E-state index contributed by atoms with van der Waals surface area (Å²) in [5, 5.41) is 0. The van der Waals surface area contributed by atoms with E-state index < -0.39 is 0 Å². The Morgan fingerprint density at radius 2 is 1.79 bits per heavy atom. The van der Waals surface area contributed by atoms with Crippen LogP contribution in [0, 0.1) is 5.82 Å². The number of nitrogens with zero attached hydrogens (tertiary/aromatic N) is 1. The van der Waals surface area contributed by atoms with Crippen LogP contribution in [0.1, 0.15) is 28.4 Å². The second-order valence-electron chi connectivity index (χ2n) is 3.77. The zero-order valence-corrected chi connectivity index (χ0v) is 16.1. The molecule has 0 bridgehead atoms. The molecule has 0 fully saturated rings. The first-order valence-electron chi connectivity index (χ1n) is 5.45. The van der Waals surface area contributed by atoms with Gasteiger partial charge in [0.25, 0.3) is 0 Å². The molecule has 0 aliphatic carbocycles. The van der Waals surface area contributed by atoms with Crippen LogP contribution in [0.2, 0.25) is 0 Å². The summed E-state index contributed by atoms with van der Waals surface area (Å²) < 4.78 is 12.7. The van der Waals surface area contributed by atoms with E-state index in [-0.39, 0.29) is 87.0 Å². The number of rotatable bonds is 3. The van der Waals surface area contributed by atoms with Crippen molar-refractivity contribution in [2.45, 2.75) is 13.3 Å². The van der Waals surface area contributed by atoms with Gasteiger partial charge in [0.1, 0.15) is 5.82 Å². The smallest absolute Gasteiger partial charge is 1.00 e. The average Bonchev–Trinajstić information content (AvgIpc) is 2.39. The summed E-state index contributed by atoms with van der Waals surface area (Å²) in [7, 11) is 0. The minimum atomic E-state index is -0.345. The quantitative estimate of drug-likeness (QED) is 0.316. The molecule has 0 atom stereocenters. The molecule has 1 aromatic carbocycles. The molecule has 0 amide bonds. The van der Waals surface area contributed by atoms with E-state index in [0.29, 0.717) is 11.1 Å². The maximum atomic E-state index is 12.7. The first kappa shape index (κ1) is 19.3. The van der Waals surface area contributed by atoms with Crippen molar-refractivity contribution in [2.24, 2.45) is 0 Å². The standard InChI is InChI=1S/C14H12FNO.HI.K/c1-2-10-7-12(9-16-8-10)14(17)11-3-5-13(15)6-4-11;;/h3-9H,2H2,1H3;1H;/q;;+1/p-1. The van der Waals surface area contributed by atoms with Gasteiger partial charge in [-0.25, -0.2) is 4.39 Å². The summed E-state index contributed by atoms with van der Waals surface area (Å²) in [6.07, 6.45) is 4.10. The van der Waals surface area contributed by atoms with Gasteiger partial charge in [-0.1, -0.05) is 6.92 Å². The summed E-state index contributed by atoms with van der Waals surface area (Å²) >= 11 is 0. The van der Waals surface area contributed by atoms with Crippen LogP contribution >= 0.6 is 0 Å². The van der Waals surface area contributed by atoms with Gasteiger partial charge in [0, 0.05) is 23.5 Å². The largest absolute Gasteiger partial charge is 1.00 e. The number of aromatic nitrogens is 1. The van der Waals surface area contributed by atoms with Gasteiger partial charge in [-0.2, -0.15) is 0 Å². The van der Waals surface area contributed by atoms with E-state index in [4.69, 9.17) is 0 Å². The Kier molecular flexibility index (Phi) is 9.47. The Bertz CT molecular complexity index is 545. The Morgan fingerprint density at radius 1 is 1.16 bits per heavy atom. The zero-order chi connectivity index (χ0) is 12.3. The number of hydrogen-bond donors (Lipinski definition) is 0. The predicted octanol–water partition coefficient (Wildman–Crippen LogP) is -2.98. The molecule has 94 valence electrons. The molecular weight excluding hydrogens is 383 g/mol. The van der Waals surface area contributed by atoms with Gasteiger partial charge in [-0.05, 0) is 42.3 Å². The van der Waals surface area contributed by atoms with Gasteiger partial charge in [0.05, 0.1) is 0 Å². The van der Waals surface area contributed by atoms with Gasteiger partial charge >= 0.3 is 51.4 Å². The molecule has 0 unspecified atom stereocenters. The molecule has 2 aromatic rings. The number of pyridine rings is 1. The molecule has 1 aromatic heterocycles. The number of aryl methyl sites for hydroxylation is 1. The first-order chi connectivity index (χ1) is 8.20. The predicted molar refractivity (Wildman–Crippen MR) is 63.4 cm³/mol. The van der Waals surface area contributed by atoms with Crippen molar-refractivity contribution in [3.05, 3.63) is 65.2 Å². The maximum Gasteiger partial charge on any atom is 1.00 e. The number of halogens is 2. The van der Waals surface area contributed by atoms with Crippen LogP contribution in [0.5, 0.6) is 0 Å². The molecule has 5 heteroatoms. The molecule has 0 radical (unpaired) electrons. The Morgan fingerprint density at radius 3 is 2.37 bits per heavy atom. The van der Waals surface area contributed by atoms with Crippen molar-refractivity contribution in [2.75, 3.05) is 0 Å². The van der Waals surface area contributed by atoms with Crippen molar-refractivity contribution < 1.29 is 84.5 Å². The summed E-state index contributed by atoms with van der Waals surface area (Å²) in [5.74, 6) is -0.477. The summed E-state index contributed by atoms with van der Waals surface area (Å²) in [6, 6.07) is 7.35. The third-order valence-electron chi connectivity index (χ3n) is 2.57. The molecule has 0 saturated heterocycles. The minimum absolute atomic E-state index is 0. The van der Waals surface area contributed by atoms with E-state index in [1.165, 1.54) is 30.5 Å². The van der Waals surface area contributed by atoms with E-state index in [9.17, 15) is 9.18 Å². The molecule has 0 aliphatic rings. The maximum absolute atomic E-state index is 12.7. The fraction of sp³-hybridized carbons (Fsp3) is 0.143. The number of carbonyl (C=O) groups excluding carboxylic acids is 1. The molecule has 1 heterocycles. The number of hydrogen-bond acceptors (Lipinski definition) is 2. The van der Waals surface area contributed by atoms with Crippen LogP contribution in [0.4, 0.5) is 4.39 Å². The van der Waals surface area contributed by atoms with Crippen LogP contribution < -0.4 is 75.4 Å². The van der Waals surface area contributed by atoms with Gasteiger partial charge < -0.3 is 24.0 Å². The van der Waals surface area contributed by atoms with E-state index >= 15 is 0 Å². The van der Waals surface area contributed by atoms with Crippen molar-refractivity contribution in [1.82, 2.24) is 4.98 Å². The van der Waals surface area contributed by atoms with Crippen molar-refractivity contribution in [3.63, 3.8) is 0 Å². The van der Waals surface area contributed by atoms with E-state index in [1.807, 2.05) is 13.0 Å². The zero-order valence-electron chi connectivity index (χ0n) is 10.9. The van der Waals surface area contributed by atoms with Gasteiger partial charge in [-0.3, -0.25) is 9.78 Å². The molecule has 0 N–H and O–H groups in total. The SMILES string of the molecule is CCc1cncc(C(=O)c2ccc(F)cc2)c1.[I-].[K+]. The molecular formula is C14H12FIKNO. The van der Waals surface area contributed by atoms with E-state index in [0.717, 1.165) is 12.0 Å². The fourth-order valence-electron chi connectivity index (χ4n) is 1.57. The van der Waals surface area contributed by atoms with Crippen molar-refractivity contribution in [1.29, 1.82) is 0 Å². The molecule has 2 nitrogen and oxygen atoms in total. The van der Waals surface area contributed by atoms with Gasteiger partial charge in [0.2, 0.25) is 0 Å². The van der Waals surface area contributed by atoms with E-state index in [2.05, 4.69) is 4.98 Å².